The van der Waals surface area contributed by atoms with Crippen molar-refractivity contribution in [3.63, 3.8) is 0 Å². The Labute approximate surface area is 85.5 Å². The van der Waals surface area contributed by atoms with E-state index in [-0.39, 0.29) is 17.2 Å². The first kappa shape index (κ1) is 11.2. The number of amides is 2. The fourth-order valence-electron chi connectivity index (χ4n) is 1.78. The summed E-state index contributed by atoms with van der Waals surface area (Å²) in [4.78, 5) is 24.7. The van der Waals surface area contributed by atoms with Crippen molar-refractivity contribution in [3.8, 4) is 0 Å². The van der Waals surface area contributed by atoms with Crippen LogP contribution in [0.15, 0.2) is 0 Å². The molecule has 1 aliphatic rings. The molecule has 0 spiro atoms. The van der Waals surface area contributed by atoms with Gasteiger partial charge in [-0.25, -0.2) is 0 Å². The van der Waals surface area contributed by atoms with Crippen molar-refractivity contribution in [1.29, 1.82) is 0 Å². The molecule has 0 unspecified atom stereocenters. The van der Waals surface area contributed by atoms with Gasteiger partial charge in [0.05, 0.1) is 0 Å². The summed E-state index contributed by atoms with van der Waals surface area (Å²) in [6.45, 7) is 6.60. The lowest BCUT2D eigenvalue weighted by atomic mass is 9.82. The van der Waals surface area contributed by atoms with Crippen LogP contribution in [0.3, 0.4) is 0 Å². The van der Waals surface area contributed by atoms with E-state index in [1.807, 2.05) is 13.8 Å². The van der Waals surface area contributed by atoms with Gasteiger partial charge in [-0.2, -0.15) is 0 Å². The van der Waals surface area contributed by atoms with Crippen molar-refractivity contribution < 1.29 is 9.59 Å². The van der Waals surface area contributed by atoms with Crippen LogP contribution in [0, 0.1) is 5.41 Å². The zero-order chi connectivity index (χ0) is 10.8. The first-order chi connectivity index (χ1) is 6.46. The maximum atomic E-state index is 11.6. The van der Waals surface area contributed by atoms with Gasteiger partial charge < -0.3 is 0 Å². The second-order valence-electron chi connectivity index (χ2n) is 4.81. The third kappa shape index (κ3) is 2.56. The normalized spacial score (nSPS) is 21.5. The molecule has 1 fully saturated rings. The number of piperidine rings is 1. The first-order valence-electron chi connectivity index (χ1n) is 5.29. The second kappa shape index (κ2) is 4.11. The zero-order valence-electron chi connectivity index (χ0n) is 9.30. The van der Waals surface area contributed by atoms with Crippen molar-refractivity contribution in [2.24, 2.45) is 5.41 Å². The number of hydrogen-bond acceptors (Lipinski definition) is 2. The highest BCUT2D eigenvalue weighted by molar-refractivity contribution is 5.98. The molecule has 1 aliphatic heterocycles. The fourth-order valence-corrected chi connectivity index (χ4v) is 1.78. The Morgan fingerprint density at radius 3 is 2.14 bits per heavy atom. The summed E-state index contributed by atoms with van der Waals surface area (Å²) >= 11 is 0. The molecular weight excluding hydrogens is 178 g/mol. The van der Waals surface area contributed by atoms with E-state index in [9.17, 15) is 9.59 Å². The lowest BCUT2D eigenvalue weighted by Crippen LogP contribution is -2.46. The second-order valence-corrected chi connectivity index (χ2v) is 4.81. The van der Waals surface area contributed by atoms with Gasteiger partial charge in [-0.3, -0.25) is 14.5 Å². The molecule has 0 bridgehead atoms. The van der Waals surface area contributed by atoms with Gasteiger partial charge in [0, 0.05) is 19.4 Å². The van der Waals surface area contributed by atoms with Gasteiger partial charge >= 0.3 is 0 Å². The summed E-state index contributed by atoms with van der Waals surface area (Å²) in [5, 5.41) is 0. The molecular formula is C11H19NO2. The Hall–Kier alpha value is -0.860. The average molecular weight is 197 g/mol. The lowest BCUT2D eigenvalue weighted by molar-refractivity contribution is -0.152. The van der Waals surface area contributed by atoms with Gasteiger partial charge in [-0.05, 0) is 11.8 Å². The minimum Gasteiger partial charge on any atom is -0.283 e. The molecule has 1 heterocycles. The van der Waals surface area contributed by atoms with Crippen LogP contribution in [0.4, 0.5) is 0 Å². The highest BCUT2D eigenvalue weighted by Gasteiger charge is 2.36. The van der Waals surface area contributed by atoms with Crippen LogP contribution in [0.1, 0.15) is 46.5 Å². The number of unbranched alkanes of at least 4 members (excludes halogenated alkanes) is 1. The predicted octanol–water partition coefficient (Wildman–Crippen LogP) is 1.96. The SMILES string of the molecule is CCCCN1C(=O)CC(C)(C)CC1=O. The number of likely N-dealkylation sites (tertiary alicyclic amines) is 1. The minimum absolute atomic E-state index is 0.000278. The van der Waals surface area contributed by atoms with Crippen molar-refractivity contribution in [2.45, 2.75) is 46.5 Å². The molecule has 0 saturated carbocycles. The molecule has 1 rings (SSSR count). The zero-order valence-corrected chi connectivity index (χ0v) is 9.30. The molecule has 0 aromatic rings. The maximum Gasteiger partial charge on any atom is 0.229 e. The summed E-state index contributed by atoms with van der Waals surface area (Å²) in [5.74, 6) is -0.000556. The third-order valence-corrected chi connectivity index (χ3v) is 2.60. The van der Waals surface area contributed by atoms with Crippen LogP contribution in [0.25, 0.3) is 0 Å². The van der Waals surface area contributed by atoms with Crippen LogP contribution >= 0.6 is 0 Å². The summed E-state index contributed by atoms with van der Waals surface area (Å²) in [6.07, 6.45) is 2.93. The average Bonchev–Trinajstić information content (AvgIpc) is 2.00. The summed E-state index contributed by atoms with van der Waals surface area (Å²) in [5.41, 5.74) is -0.142. The molecule has 3 heteroatoms. The smallest absolute Gasteiger partial charge is 0.229 e. The van der Waals surface area contributed by atoms with Crippen molar-refractivity contribution in [3.05, 3.63) is 0 Å². The van der Waals surface area contributed by atoms with E-state index in [1.165, 1.54) is 4.90 Å². The number of carbonyl (C=O) groups is 2. The van der Waals surface area contributed by atoms with Crippen molar-refractivity contribution >= 4 is 11.8 Å². The van der Waals surface area contributed by atoms with E-state index < -0.39 is 0 Å². The standard InChI is InChI=1S/C11H19NO2/c1-4-5-6-12-9(13)7-11(2,3)8-10(12)14/h4-8H2,1-3H3. The minimum atomic E-state index is -0.142. The number of hydrogen-bond donors (Lipinski definition) is 0. The van der Waals surface area contributed by atoms with E-state index in [1.54, 1.807) is 0 Å². The quantitative estimate of drug-likeness (QED) is 0.648. The van der Waals surface area contributed by atoms with E-state index in [0.717, 1.165) is 12.8 Å². The van der Waals surface area contributed by atoms with Crippen LogP contribution in [0.5, 0.6) is 0 Å². The monoisotopic (exact) mass is 197 g/mol. The Morgan fingerprint density at radius 2 is 1.71 bits per heavy atom. The highest BCUT2D eigenvalue weighted by atomic mass is 16.2. The number of nitrogens with zero attached hydrogens (tertiary/aromatic N) is 1. The Balaban J connectivity index is 2.62. The van der Waals surface area contributed by atoms with E-state index in [4.69, 9.17) is 0 Å². The first-order valence-corrected chi connectivity index (χ1v) is 5.29. The summed E-state index contributed by atoms with van der Waals surface area (Å²) in [6, 6.07) is 0. The molecule has 0 aromatic carbocycles. The number of rotatable bonds is 3. The Morgan fingerprint density at radius 1 is 1.21 bits per heavy atom. The summed E-state index contributed by atoms with van der Waals surface area (Å²) in [7, 11) is 0. The molecule has 0 atom stereocenters. The molecule has 0 aromatic heterocycles. The molecule has 2 amide bonds. The molecule has 14 heavy (non-hydrogen) atoms. The lowest BCUT2D eigenvalue weighted by Gasteiger charge is -2.34. The topological polar surface area (TPSA) is 37.4 Å². The number of imide groups is 1. The van der Waals surface area contributed by atoms with Gasteiger partial charge in [-0.15, -0.1) is 0 Å². The van der Waals surface area contributed by atoms with E-state index in [0.29, 0.717) is 19.4 Å². The van der Waals surface area contributed by atoms with Gasteiger partial charge in [0.1, 0.15) is 0 Å². The maximum absolute atomic E-state index is 11.6. The van der Waals surface area contributed by atoms with E-state index >= 15 is 0 Å². The van der Waals surface area contributed by atoms with Crippen LogP contribution in [0.2, 0.25) is 0 Å². The third-order valence-electron chi connectivity index (χ3n) is 2.60. The molecule has 0 aliphatic carbocycles. The predicted molar refractivity (Wildman–Crippen MR) is 54.6 cm³/mol. The molecule has 1 saturated heterocycles. The molecule has 0 radical (unpaired) electrons. The van der Waals surface area contributed by atoms with Gasteiger partial charge in [0.25, 0.3) is 0 Å². The highest BCUT2D eigenvalue weighted by Crippen LogP contribution is 2.31. The van der Waals surface area contributed by atoms with Crippen LogP contribution < -0.4 is 0 Å². The number of carbonyl (C=O) groups excluding carboxylic acids is 2. The van der Waals surface area contributed by atoms with Crippen molar-refractivity contribution in [1.82, 2.24) is 4.90 Å². The van der Waals surface area contributed by atoms with Gasteiger partial charge in [-0.1, -0.05) is 27.2 Å². The van der Waals surface area contributed by atoms with E-state index in [2.05, 4.69) is 6.92 Å². The van der Waals surface area contributed by atoms with Crippen LogP contribution in [-0.4, -0.2) is 23.3 Å². The molecule has 80 valence electrons. The van der Waals surface area contributed by atoms with Gasteiger partial charge in [0.2, 0.25) is 11.8 Å². The summed E-state index contributed by atoms with van der Waals surface area (Å²) < 4.78 is 0. The van der Waals surface area contributed by atoms with Gasteiger partial charge in [0.15, 0.2) is 0 Å². The van der Waals surface area contributed by atoms with Crippen molar-refractivity contribution in [2.75, 3.05) is 6.54 Å². The molecule has 3 nitrogen and oxygen atoms in total. The molecule has 0 N–H and O–H groups in total. The Kier molecular flexibility index (Phi) is 3.29. The fraction of sp³-hybridized carbons (Fsp3) is 0.818. The largest absolute Gasteiger partial charge is 0.283 e. The van der Waals surface area contributed by atoms with Crippen LogP contribution in [-0.2, 0) is 9.59 Å². The Bertz CT molecular complexity index is 226.